The lowest BCUT2D eigenvalue weighted by atomic mass is 9.42. The zero-order valence-electron chi connectivity index (χ0n) is 19.8. The van der Waals surface area contributed by atoms with Crippen molar-refractivity contribution in [3.05, 3.63) is 0 Å². The minimum Gasteiger partial charge on any atom is -0.393 e. The second-order valence-electron chi connectivity index (χ2n) is 12.4. The van der Waals surface area contributed by atoms with Crippen LogP contribution in [0.25, 0.3) is 0 Å². The van der Waals surface area contributed by atoms with Crippen molar-refractivity contribution >= 4 is 0 Å². The fourth-order valence-corrected chi connectivity index (χ4v) is 10.0. The third-order valence-electron chi connectivity index (χ3n) is 11.4. The van der Waals surface area contributed by atoms with E-state index < -0.39 is 29.4 Å². The highest BCUT2D eigenvalue weighted by atomic mass is 16.9. The molecule has 0 aromatic carbocycles. The van der Waals surface area contributed by atoms with E-state index >= 15 is 0 Å². The summed E-state index contributed by atoms with van der Waals surface area (Å²) in [5.74, 6) is -0.803. The molecule has 0 radical (unpaired) electrons. The van der Waals surface area contributed by atoms with Gasteiger partial charge in [-0.2, -0.15) is 0 Å². The first-order valence-electron chi connectivity index (χ1n) is 12.9. The third-order valence-corrected chi connectivity index (χ3v) is 11.4. The Balaban J connectivity index is 1.25. The van der Waals surface area contributed by atoms with Crippen LogP contribution in [0.4, 0.5) is 0 Å². The van der Waals surface area contributed by atoms with Crippen molar-refractivity contribution in [1.82, 2.24) is 0 Å². The van der Waals surface area contributed by atoms with E-state index in [-0.39, 0.29) is 48.1 Å². The average molecular weight is 467 g/mol. The Morgan fingerprint density at radius 2 is 1.61 bits per heavy atom. The fraction of sp³-hybridized carbons (Fsp3) is 1.00. The van der Waals surface area contributed by atoms with Crippen LogP contribution in [-0.2, 0) is 28.4 Å². The quantitative estimate of drug-likeness (QED) is 0.561. The molecule has 4 aliphatic carbocycles. The second-order valence-corrected chi connectivity index (χ2v) is 12.4. The molecule has 0 amide bonds. The molecule has 8 nitrogen and oxygen atoms in total. The number of rotatable bonds is 0. The summed E-state index contributed by atoms with van der Waals surface area (Å²) in [7, 11) is 0. The minimum absolute atomic E-state index is 0.0300. The Hall–Kier alpha value is -0.320. The lowest BCUT2D eigenvalue weighted by molar-refractivity contribution is -0.283. The minimum atomic E-state index is -0.913. The van der Waals surface area contributed by atoms with Gasteiger partial charge in [0, 0.05) is 18.3 Å². The van der Waals surface area contributed by atoms with Gasteiger partial charge in [-0.3, -0.25) is 0 Å². The Morgan fingerprint density at radius 3 is 2.36 bits per heavy atom. The molecule has 4 saturated carbocycles. The van der Waals surface area contributed by atoms with E-state index in [2.05, 4.69) is 13.8 Å². The maximum atomic E-state index is 11.8. The monoisotopic (exact) mass is 466 g/mol. The first-order chi connectivity index (χ1) is 15.8. The largest absolute Gasteiger partial charge is 0.393 e. The highest BCUT2D eigenvalue weighted by Crippen LogP contribution is 2.72. The van der Waals surface area contributed by atoms with E-state index in [0.29, 0.717) is 26.2 Å². The summed E-state index contributed by atoms with van der Waals surface area (Å²) in [6.45, 7) is 6.63. The second kappa shape index (κ2) is 6.91. The van der Waals surface area contributed by atoms with E-state index in [1.165, 1.54) is 0 Å². The summed E-state index contributed by atoms with van der Waals surface area (Å²) in [5.41, 5.74) is -1.07. The molecule has 0 aromatic rings. The molecule has 186 valence electrons. The van der Waals surface area contributed by atoms with Crippen LogP contribution >= 0.6 is 0 Å². The number of aliphatic hydroxyl groups is 2. The molecule has 33 heavy (non-hydrogen) atoms. The van der Waals surface area contributed by atoms with Crippen LogP contribution in [0.2, 0.25) is 0 Å². The lowest BCUT2D eigenvalue weighted by Gasteiger charge is -2.65. The fourth-order valence-electron chi connectivity index (χ4n) is 10.0. The van der Waals surface area contributed by atoms with Crippen molar-refractivity contribution in [3.63, 3.8) is 0 Å². The molecular weight excluding hydrogens is 428 g/mol. The molecule has 3 heterocycles. The number of aliphatic hydroxyl groups excluding tert-OH is 2. The molecule has 8 heteroatoms. The molecule has 7 rings (SSSR count). The number of hydrogen-bond acceptors (Lipinski definition) is 8. The van der Waals surface area contributed by atoms with Gasteiger partial charge in [0.2, 0.25) is 5.79 Å². The number of ether oxygens (including phenoxy) is 6. The van der Waals surface area contributed by atoms with Crippen LogP contribution in [0.15, 0.2) is 0 Å². The Kier molecular flexibility index (Phi) is 4.59. The predicted octanol–water partition coefficient (Wildman–Crippen LogP) is 2.16. The first kappa shape index (κ1) is 21.9. The van der Waals surface area contributed by atoms with Gasteiger partial charge < -0.3 is 38.6 Å². The first-order valence-corrected chi connectivity index (χ1v) is 12.9. The number of hydrogen-bond donors (Lipinski definition) is 2. The lowest BCUT2D eigenvalue weighted by Crippen LogP contribution is -2.68. The standard InChI is InChI=1S/C25H38O8/c1-21-5-6-23(29-7-8-30-23)10-15(21)9-17(26)19-16-3-4-24(22(16,2)11-18(27)20(19)21)25(33-14-31-24)12-28-13-32-25/h15-20,26-27H,3-14H2,1-2H3/t15-,16?,17-,18+,19?,20?,21+,22+,24-,25?/m1/s1. The number of fused-ring (bicyclic) bond motifs is 7. The van der Waals surface area contributed by atoms with Crippen molar-refractivity contribution in [2.24, 2.45) is 34.5 Å². The highest BCUT2D eigenvalue weighted by molar-refractivity contribution is 5.23. The molecule has 4 unspecified atom stereocenters. The zero-order valence-corrected chi connectivity index (χ0v) is 19.8. The molecule has 3 saturated heterocycles. The Bertz CT molecular complexity index is 803. The smallest absolute Gasteiger partial charge is 0.226 e. The molecule has 7 fully saturated rings. The van der Waals surface area contributed by atoms with Gasteiger partial charge in [0.05, 0.1) is 25.4 Å². The maximum Gasteiger partial charge on any atom is 0.226 e. The summed E-state index contributed by atoms with van der Waals surface area (Å²) in [6, 6.07) is 0. The normalized spacial score (nSPS) is 59.3. The van der Waals surface area contributed by atoms with Crippen molar-refractivity contribution in [3.8, 4) is 0 Å². The molecule has 10 atom stereocenters. The van der Waals surface area contributed by atoms with Crippen molar-refractivity contribution < 1.29 is 38.6 Å². The van der Waals surface area contributed by atoms with Gasteiger partial charge in [-0.1, -0.05) is 13.8 Å². The summed E-state index contributed by atoms with van der Waals surface area (Å²) in [6.07, 6.45) is 4.75. The van der Waals surface area contributed by atoms with Crippen LogP contribution in [0, 0.1) is 34.5 Å². The molecule has 7 aliphatic rings. The zero-order chi connectivity index (χ0) is 22.7. The van der Waals surface area contributed by atoms with Crippen molar-refractivity contribution in [2.45, 2.75) is 88.2 Å². The maximum absolute atomic E-state index is 11.8. The third kappa shape index (κ3) is 2.55. The van der Waals surface area contributed by atoms with Crippen molar-refractivity contribution in [2.75, 3.05) is 33.4 Å². The summed E-state index contributed by atoms with van der Waals surface area (Å²) in [4.78, 5) is 0. The van der Waals surface area contributed by atoms with Gasteiger partial charge in [0.25, 0.3) is 0 Å². The highest BCUT2D eigenvalue weighted by Gasteiger charge is 2.77. The van der Waals surface area contributed by atoms with Gasteiger partial charge in [-0.05, 0) is 61.2 Å². The molecule has 3 aliphatic heterocycles. The molecule has 0 bridgehead atoms. The predicted molar refractivity (Wildman–Crippen MR) is 114 cm³/mol. The van der Waals surface area contributed by atoms with E-state index in [1.807, 2.05) is 0 Å². The summed E-state index contributed by atoms with van der Waals surface area (Å²) in [5, 5.41) is 23.5. The summed E-state index contributed by atoms with van der Waals surface area (Å²) >= 11 is 0. The Labute approximate surface area is 195 Å². The van der Waals surface area contributed by atoms with Gasteiger partial charge in [-0.25, -0.2) is 0 Å². The van der Waals surface area contributed by atoms with Crippen LogP contribution in [0.3, 0.4) is 0 Å². The van der Waals surface area contributed by atoms with E-state index in [0.717, 1.165) is 38.5 Å². The summed E-state index contributed by atoms with van der Waals surface area (Å²) < 4.78 is 36.3. The average Bonchev–Trinajstić information content (AvgIpc) is 3.55. The van der Waals surface area contributed by atoms with Crippen LogP contribution < -0.4 is 0 Å². The Morgan fingerprint density at radius 1 is 0.818 bits per heavy atom. The van der Waals surface area contributed by atoms with E-state index in [1.54, 1.807) is 0 Å². The van der Waals surface area contributed by atoms with Gasteiger partial charge >= 0.3 is 0 Å². The van der Waals surface area contributed by atoms with Crippen LogP contribution in [0.1, 0.15) is 58.8 Å². The molecule has 3 spiro atoms. The van der Waals surface area contributed by atoms with Crippen LogP contribution in [0.5, 0.6) is 0 Å². The van der Waals surface area contributed by atoms with Crippen LogP contribution in [-0.4, -0.2) is 73.0 Å². The topological polar surface area (TPSA) is 95.8 Å². The van der Waals surface area contributed by atoms with Gasteiger partial charge in [-0.15, -0.1) is 0 Å². The van der Waals surface area contributed by atoms with Gasteiger partial charge in [0.1, 0.15) is 12.2 Å². The molecule has 0 aromatic heterocycles. The molecular formula is C25H38O8. The van der Waals surface area contributed by atoms with E-state index in [9.17, 15) is 10.2 Å². The van der Waals surface area contributed by atoms with Gasteiger partial charge in [0.15, 0.2) is 19.4 Å². The SMILES string of the molecule is C[C@]12C[C@H](O)C3C(C1CC[C@@]21OCOC12COCO2)[C@H](O)C[C@@H]1CC2(CC[C@]31C)OCCO2. The van der Waals surface area contributed by atoms with E-state index in [4.69, 9.17) is 28.4 Å². The van der Waals surface area contributed by atoms with Crippen molar-refractivity contribution in [1.29, 1.82) is 0 Å². The molecule has 2 N–H and O–H groups in total.